The average molecular weight is 208 g/mol. The number of halogens is 3. The first-order valence-electron chi connectivity index (χ1n) is 3.30. The summed E-state index contributed by atoms with van der Waals surface area (Å²) in [7, 11) is 0.783. The summed E-state index contributed by atoms with van der Waals surface area (Å²) in [5, 5.41) is 0.976. The van der Waals surface area contributed by atoms with Gasteiger partial charge < -0.3 is 0 Å². The third kappa shape index (κ3) is 3.32. The summed E-state index contributed by atoms with van der Waals surface area (Å²) in [6, 6.07) is 6.52. The summed E-state index contributed by atoms with van der Waals surface area (Å²) >= 11 is -0.0629. The Morgan fingerprint density at radius 1 is 1.25 bits per heavy atom. The van der Waals surface area contributed by atoms with Gasteiger partial charge in [-0.2, -0.15) is 13.2 Å². The van der Waals surface area contributed by atoms with Crippen molar-refractivity contribution < 1.29 is 13.2 Å². The summed E-state index contributed by atoms with van der Waals surface area (Å²) < 4.78 is 35.5. The number of benzene rings is 1. The molecule has 0 aliphatic carbocycles. The Kier molecular flexibility index (Phi) is 2.84. The SMILES string of the molecule is FC(F)(F)Sc1cccc([SiH3])c1. The van der Waals surface area contributed by atoms with Gasteiger partial charge in [0.1, 0.15) is 0 Å². The van der Waals surface area contributed by atoms with E-state index in [2.05, 4.69) is 0 Å². The van der Waals surface area contributed by atoms with Gasteiger partial charge in [-0.3, -0.25) is 0 Å². The molecule has 0 unspecified atom stereocenters. The molecular weight excluding hydrogens is 201 g/mol. The van der Waals surface area contributed by atoms with E-state index < -0.39 is 5.51 Å². The maximum atomic E-state index is 11.8. The zero-order valence-corrected chi connectivity index (χ0v) is 9.17. The predicted octanol–water partition coefficient (Wildman–Crippen LogP) is 1.29. The lowest BCUT2D eigenvalue weighted by Crippen LogP contribution is -2.03. The van der Waals surface area contributed by atoms with Gasteiger partial charge in [0.05, 0.1) is 0 Å². The van der Waals surface area contributed by atoms with E-state index in [0.29, 0.717) is 0 Å². The van der Waals surface area contributed by atoms with Crippen molar-refractivity contribution in [2.75, 3.05) is 0 Å². The van der Waals surface area contributed by atoms with Crippen molar-refractivity contribution in [2.24, 2.45) is 0 Å². The van der Waals surface area contributed by atoms with E-state index >= 15 is 0 Å². The van der Waals surface area contributed by atoms with Crippen molar-refractivity contribution in [3.05, 3.63) is 24.3 Å². The lowest BCUT2D eigenvalue weighted by Gasteiger charge is -2.05. The van der Waals surface area contributed by atoms with Gasteiger partial charge in [0.25, 0.3) is 0 Å². The molecule has 0 aliphatic heterocycles. The monoisotopic (exact) mass is 208 g/mol. The number of hydrogen-bond acceptors (Lipinski definition) is 1. The van der Waals surface area contributed by atoms with E-state index in [1.165, 1.54) is 6.07 Å². The van der Waals surface area contributed by atoms with Crippen LogP contribution in [0.25, 0.3) is 0 Å². The zero-order chi connectivity index (χ0) is 9.19. The summed E-state index contributed by atoms with van der Waals surface area (Å²) in [6.07, 6.45) is 0. The van der Waals surface area contributed by atoms with E-state index in [1.54, 1.807) is 12.1 Å². The minimum Gasteiger partial charge on any atom is -0.160 e. The second-order valence-electron chi connectivity index (χ2n) is 2.36. The molecule has 0 aromatic heterocycles. The van der Waals surface area contributed by atoms with Crippen molar-refractivity contribution >= 4 is 27.2 Å². The first-order valence-corrected chi connectivity index (χ1v) is 5.11. The van der Waals surface area contributed by atoms with E-state index in [9.17, 15) is 13.2 Å². The highest BCUT2D eigenvalue weighted by Gasteiger charge is 2.28. The normalized spacial score (nSPS) is 11.9. The summed E-state index contributed by atoms with van der Waals surface area (Å²) in [5.74, 6) is 0. The van der Waals surface area contributed by atoms with Crippen LogP contribution in [0.1, 0.15) is 0 Å². The molecule has 0 spiro atoms. The summed E-state index contributed by atoms with van der Waals surface area (Å²) in [6.45, 7) is 0. The van der Waals surface area contributed by atoms with Crippen LogP contribution < -0.4 is 5.19 Å². The standard InChI is InChI=1S/C7H7F3SSi/c8-7(9,10)11-5-2-1-3-6(12)4-5/h1-4H,12H3. The van der Waals surface area contributed by atoms with Crippen LogP contribution in [-0.4, -0.2) is 15.8 Å². The molecule has 0 atom stereocenters. The molecule has 0 nitrogen and oxygen atoms in total. The molecule has 0 heterocycles. The molecule has 0 radical (unpaired) electrons. The van der Waals surface area contributed by atoms with Gasteiger partial charge in [-0.25, -0.2) is 0 Å². The molecule has 0 fully saturated rings. The largest absolute Gasteiger partial charge is 0.446 e. The maximum absolute atomic E-state index is 11.8. The van der Waals surface area contributed by atoms with Gasteiger partial charge in [0.15, 0.2) is 0 Å². The molecule has 1 rings (SSSR count). The first-order chi connectivity index (χ1) is 5.47. The van der Waals surface area contributed by atoms with Crippen molar-refractivity contribution in [1.29, 1.82) is 0 Å². The van der Waals surface area contributed by atoms with Gasteiger partial charge in [-0.15, -0.1) is 0 Å². The van der Waals surface area contributed by atoms with Crippen LogP contribution in [0, 0.1) is 0 Å². The second kappa shape index (κ2) is 3.53. The Labute approximate surface area is 75.6 Å². The molecule has 0 amide bonds. The van der Waals surface area contributed by atoms with Crippen LogP contribution >= 0.6 is 11.8 Å². The summed E-state index contributed by atoms with van der Waals surface area (Å²) in [4.78, 5) is 0.273. The fourth-order valence-corrected chi connectivity index (χ4v) is 2.18. The summed E-state index contributed by atoms with van der Waals surface area (Å²) in [5.41, 5.74) is -4.17. The van der Waals surface area contributed by atoms with Gasteiger partial charge in [-0.05, 0) is 17.8 Å². The molecule has 66 valence electrons. The van der Waals surface area contributed by atoms with E-state index in [4.69, 9.17) is 0 Å². The lowest BCUT2D eigenvalue weighted by molar-refractivity contribution is -0.0328. The fourth-order valence-electron chi connectivity index (χ4n) is 0.812. The van der Waals surface area contributed by atoms with Crippen LogP contribution in [0.3, 0.4) is 0 Å². The number of alkyl halides is 3. The van der Waals surface area contributed by atoms with Crippen LogP contribution in [0.5, 0.6) is 0 Å². The third-order valence-electron chi connectivity index (χ3n) is 1.22. The fraction of sp³-hybridized carbons (Fsp3) is 0.143. The third-order valence-corrected chi connectivity index (χ3v) is 2.57. The van der Waals surface area contributed by atoms with Crippen LogP contribution in [0.15, 0.2) is 29.2 Å². The molecule has 0 N–H and O–H groups in total. The molecule has 1 aromatic carbocycles. The second-order valence-corrected chi connectivity index (χ2v) is 4.66. The maximum Gasteiger partial charge on any atom is 0.446 e. The van der Waals surface area contributed by atoms with E-state index in [0.717, 1.165) is 15.4 Å². The lowest BCUT2D eigenvalue weighted by atomic mass is 10.4. The van der Waals surface area contributed by atoms with Crippen LogP contribution in [0.4, 0.5) is 13.2 Å². The Balaban J connectivity index is 2.77. The molecule has 0 aliphatic rings. The first kappa shape index (κ1) is 9.66. The van der Waals surface area contributed by atoms with Crippen molar-refractivity contribution in [3.8, 4) is 0 Å². The average Bonchev–Trinajstić information content (AvgIpc) is 1.82. The molecule has 0 saturated carbocycles. The van der Waals surface area contributed by atoms with Crippen LogP contribution in [0.2, 0.25) is 0 Å². The number of hydrogen-bond donors (Lipinski definition) is 0. The minimum atomic E-state index is -4.17. The molecule has 0 bridgehead atoms. The van der Waals surface area contributed by atoms with Crippen molar-refractivity contribution in [1.82, 2.24) is 0 Å². The molecular formula is C7H7F3SSi. The number of rotatable bonds is 1. The van der Waals surface area contributed by atoms with Gasteiger partial charge >= 0.3 is 5.51 Å². The predicted molar refractivity (Wildman–Crippen MR) is 47.9 cm³/mol. The quantitative estimate of drug-likeness (QED) is 0.495. The Morgan fingerprint density at radius 2 is 1.92 bits per heavy atom. The van der Waals surface area contributed by atoms with Crippen molar-refractivity contribution in [2.45, 2.75) is 10.4 Å². The molecule has 5 heteroatoms. The highest BCUT2D eigenvalue weighted by Crippen LogP contribution is 2.35. The van der Waals surface area contributed by atoms with Crippen molar-refractivity contribution in [3.63, 3.8) is 0 Å². The van der Waals surface area contributed by atoms with Gasteiger partial charge in [0.2, 0.25) is 0 Å². The Hall–Kier alpha value is -0.423. The highest BCUT2D eigenvalue weighted by atomic mass is 32.2. The van der Waals surface area contributed by atoms with Crippen LogP contribution in [-0.2, 0) is 0 Å². The highest BCUT2D eigenvalue weighted by molar-refractivity contribution is 8.00. The molecule has 12 heavy (non-hydrogen) atoms. The van der Waals surface area contributed by atoms with Gasteiger partial charge in [0, 0.05) is 15.1 Å². The van der Waals surface area contributed by atoms with Gasteiger partial charge in [-0.1, -0.05) is 23.4 Å². The zero-order valence-electron chi connectivity index (χ0n) is 6.35. The Bertz CT molecular complexity index is 272. The van der Waals surface area contributed by atoms with E-state index in [-0.39, 0.29) is 16.7 Å². The minimum absolute atomic E-state index is 0.0629. The molecule has 1 aromatic rings. The topological polar surface area (TPSA) is 0 Å². The Morgan fingerprint density at radius 3 is 2.42 bits per heavy atom. The van der Waals surface area contributed by atoms with E-state index in [1.807, 2.05) is 6.07 Å². The smallest absolute Gasteiger partial charge is 0.160 e. The molecule has 0 saturated heterocycles. The number of thioether (sulfide) groups is 1.